The molecule has 0 radical (unpaired) electrons. The molecule has 19 heavy (non-hydrogen) atoms. The number of fused-ring (bicyclic) bond motifs is 1. The lowest BCUT2D eigenvalue weighted by Gasteiger charge is -2.11. The fourth-order valence-electron chi connectivity index (χ4n) is 1.84. The summed E-state index contributed by atoms with van der Waals surface area (Å²) in [5, 5.41) is 1.18. The first-order valence-corrected chi connectivity index (χ1v) is 7.68. The number of ether oxygens (including phenoxy) is 1. The normalized spacial score (nSPS) is 13.1. The van der Waals surface area contributed by atoms with Crippen LogP contribution < -0.4 is 10.5 Å². The molecule has 0 spiro atoms. The molecule has 1 heterocycles. The van der Waals surface area contributed by atoms with Crippen molar-refractivity contribution in [3.63, 3.8) is 0 Å². The van der Waals surface area contributed by atoms with Gasteiger partial charge in [0.25, 0.3) is 0 Å². The average molecular weight is 278 g/mol. The van der Waals surface area contributed by atoms with Crippen LogP contribution in [0.3, 0.4) is 0 Å². The van der Waals surface area contributed by atoms with Gasteiger partial charge in [0.1, 0.15) is 17.9 Å². The van der Waals surface area contributed by atoms with Crippen LogP contribution in [0, 0.1) is 5.92 Å². The zero-order valence-electron chi connectivity index (χ0n) is 11.8. The molecule has 2 N–H and O–H groups in total. The highest BCUT2D eigenvalue weighted by atomic mass is 32.1. The average Bonchev–Trinajstić information content (AvgIpc) is 2.77. The topological polar surface area (TPSA) is 48.1 Å². The Kier molecular flexibility index (Phi) is 4.77. The molecule has 4 heteroatoms. The summed E-state index contributed by atoms with van der Waals surface area (Å²) in [4.78, 5) is 4.71. The second-order valence-electron chi connectivity index (χ2n) is 5.29. The molecule has 0 fully saturated rings. The minimum atomic E-state index is 0.0871. The number of nitrogens with two attached hydrogens (primary N) is 1. The smallest absolute Gasteiger partial charge is 0.146 e. The Hall–Kier alpha value is -1.13. The Balaban J connectivity index is 2.21. The zero-order valence-corrected chi connectivity index (χ0v) is 12.7. The van der Waals surface area contributed by atoms with Crippen LogP contribution in [0.5, 0.6) is 5.75 Å². The second kappa shape index (κ2) is 6.35. The minimum absolute atomic E-state index is 0.0871. The molecule has 3 nitrogen and oxygen atoms in total. The summed E-state index contributed by atoms with van der Waals surface area (Å²) in [6, 6.07) is 6.18. The highest BCUT2D eigenvalue weighted by Gasteiger charge is 2.11. The van der Waals surface area contributed by atoms with Crippen molar-refractivity contribution in [1.82, 2.24) is 4.98 Å². The third kappa shape index (κ3) is 3.67. The lowest BCUT2D eigenvalue weighted by Crippen LogP contribution is -2.26. The van der Waals surface area contributed by atoms with Crippen molar-refractivity contribution in [2.75, 3.05) is 6.61 Å². The first-order valence-electron chi connectivity index (χ1n) is 6.87. The number of hydrogen-bond acceptors (Lipinski definition) is 4. The predicted molar refractivity (Wildman–Crippen MR) is 81.9 cm³/mol. The van der Waals surface area contributed by atoms with Gasteiger partial charge in [-0.05, 0) is 24.5 Å². The number of rotatable bonds is 6. The van der Waals surface area contributed by atoms with Gasteiger partial charge in [-0.2, -0.15) is 0 Å². The Labute approximate surface area is 118 Å². The monoisotopic (exact) mass is 278 g/mol. The Morgan fingerprint density at radius 1 is 1.37 bits per heavy atom. The molecule has 2 aromatic rings. The lowest BCUT2D eigenvalue weighted by molar-refractivity contribution is 0.288. The van der Waals surface area contributed by atoms with Gasteiger partial charge in [0.05, 0.1) is 9.71 Å². The fourth-order valence-corrected chi connectivity index (χ4v) is 3.03. The van der Waals surface area contributed by atoms with Crippen molar-refractivity contribution in [2.24, 2.45) is 11.7 Å². The van der Waals surface area contributed by atoms with E-state index >= 15 is 0 Å². The van der Waals surface area contributed by atoms with Crippen molar-refractivity contribution in [1.29, 1.82) is 0 Å². The highest BCUT2D eigenvalue weighted by Crippen LogP contribution is 2.30. The van der Waals surface area contributed by atoms with Crippen molar-refractivity contribution in [3.05, 3.63) is 23.2 Å². The van der Waals surface area contributed by atoms with Crippen LogP contribution in [0.1, 0.15) is 32.2 Å². The molecule has 1 aromatic carbocycles. The van der Waals surface area contributed by atoms with Gasteiger partial charge in [-0.1, -0.05) is 26.8 Å². The number of nitrogens with zero attached hydrogens (tertiary/aromatic N) is 1. The fraction of sp³-hybridized carbons (Fsp3) is 0.533. The maximum absolute atomic E-state index is 5.89. The molecule has 0 aliphatic heterocycles. The van der Waals surface area contributed by atoms with E-state index in [1.54, 1.807) is 11.3 Å². The van der Waals surface area contributed by atoms with Crippen molar-refractivity contribution < 1.29 is 4.74 Å². The van der Waals surface area contributed by atoms with Gasteiger partial charge < -0.3 is 10.5 Å². The molecule has 0 bridgehead atoms. The van der Waals surface area contributed by atoms with E-state index in [1.165, 1.54) is 9.71 Å². The molecule has 0 saturated carbocycles. The van der Waals surface area contributed by atoms with Gasteiger partial charge in [-0.25, -0.2) is 4.98 Å². The van der Waals surface area contributed by atoms with Crippen LogP contribution in [0.25, 0.3) is 10.2 Å². The maximum atomic E-state index is 5.89. The van der Waals surface area contributed by atoms with E-state index in [4.69, 9.17) is 15.5 Å². The minimum Gasteiger partial charge on any atom is -0.490 e. The largest absolute Gasteiger partial charge is 0.490 e. The van der Waals surface area contributed by atoms with Crippen LogP contribution in [-0.4, -0.2) is 17.6 Å². The summed E-state index contributed by atoms with van der Waals surface area (Å²) in [6.07, 6.45) is 1.94. The Bertz CT molecular complexity index is 536. The molecule has 0 amide bonds. The molecule has 1 atom stereocenters. The summed E-state index contributed by atoms with van der Waals surface area (Å²) in [6.45, 7) is 7.04. The van der Waals surface area contributed by atoms with Crippen LogP contribution in [0.4, 0.5) is 0 Å². The first kappa shape index (κ1) is 14.3. The van der Waals surface area contributed by atoms with E-state index < -0.39 is 0 Å². The summed E-state index contributed by atoms with van der Waals surface area (Å²) in [5.74, 6) is 1.48. The number of para-hydroxylation sites is 1. The third-order valence-corrected chi connectivity index (χ3v) is 4.03. The lowest BCUT2D eigenvalue weighted by atomic mass is 10.1. The molecule has 0 aliphatic carbocycles. The zero-order chi connectivity index (χ0) is 13.8. The van der Waals surface area contributed by atoms with Gasteiger partial charge >= 0.3 is 0 Å². The van der Waals surface area contributed by atoms with Crippen molar-refractivity contribution in [3.8, 4) is 5.75 Å². The number of benzene rings is 1. The SMILES string of the molecule is CCC(N)COc1cccc2sc(CC(C)C)nc12. The summed E-state index contributed by atoms with van der Waals surface area (Å²) >= 11 is 1.76. The third-order valence-electron chi connectivity index (χ3n) is 2.99. The standard InChI is InChI=1S/C15H22N2OS/c1-4-11(16)9-18-12-6-5-7-13-15(12)17-14(19-13)8-10(2)3/h5-7,10-11H,4,8-9,16H2,1-3H3. The van der Waals surface area contributed by atoms with Gasteiger partial charge in [-0.15, -0.1) is 11.3 Å². The van der Waals surface area contributed by atoms with E-state index in [-0.39, 0.29) is 6.04 Å². The van der Waals surface area contributed by atoms with E-state index in [0.717, 1.165) is 24.1 Å². The first-order chi connectivity index (χ1) is 9.10. The Morgan fingerprint density at radius 3 is 2.84 bits per heavy atom. The molecule has 104 valence electrons. The maximum Gasteiger partial charge on any atom is 0.146 e. The molecule has 0 aliphatic rings. The second-order valence-corrected chi connectivity index (χ2v) is 6.40. The van der Waals surface area contributed by atoms with Crippen LogP contribution in [-0.2, 0) is 6.42 Å². The molecule has 1 aromatic heterocycles. The Morgan fingerprint density at radius 2 is 2.16 bits per heavy atom. The van der Waals surface area contributed by atoms with E-state index in [0.29, 0.717) is 12.5 Å². The van der Waals surface area contributed by atoms with Gasteiger partial charge in [0, 0.05) is 12.5 Å². The summed E-state index contributed by atoms with van der Waals surface area (Å²) in [7, 11) is 0. The van der Waals surface area contributed by atoms with Crippen molar-refractivity contribution >= 4 is 21.6 Å². The molecule has 2 rings (SSSR count). The van der Waals surface area contributed by atoms with E-state index in [2.05, 4.69) is 26.8 Å². The van der Waals surface area contributed by atoms with Crippen LogP contribution in [0.2, 0.25) is 0 Å². The number of aromatic nitrogens is 1. The number of hydrogen-bond donors (Lipinski definition) is 1. The predicted octanol–water partition coefficient (Wildman–Crippen LogP) is 3.61. The molecule has 0 saturated heterocycles. The van der Waals surface area contributed by atoms with Gasteiger partial charge in [0.2, 0.25) is 0 Å². The molecular formula is C15H22N2OS. The summed E-state index contributed by atoms with van der Waals surface area (Å²) < 4.78 is 7.00. The molecular weight excluding hydrogens is 256 g/mol. The quantitative estimate of drug-likeness (QED) is 0.878. The highest BCUT2D eigenvalue weighted by molar-refractivity contribution is 7.18. The van der Waals surface area contributed by atoms with Crippen LogP contribution >= 0.6 is 11.3 Å². The van der Waals surface area contributed by atoms with Gasteiger partial charge in [0.15, 0.2) is 0 Å². The van der Waals surface area contributed by atoms with Crippen LogP contribution in [0.15, 0.2) is 18.2 Å². The van der Waals surface area contributed by atoms with Gasteiger partial charge in [-0.3, -0.25) is 0 Å². The van der Waals surface area contributed by atoms with E-state index in [1.807, 2.05) is 12.1 Å². The van der Waals surface area contributed by atoms with E-state index in [9.17, 15) is 0 Å². The van der Waals surface area contributed by atoms with Crippen molar-refractivity contribution in [2.45, 2.75) is 39.7 Å². The summed E-state index contributed by atoms with van der Waals surface area (Å²) in [5.41, 5.74) is 6.87. The number of thiazole rings is 1. The molecule has 1 unspecified atom stereocenters.